The Morgan fingerprint density at radius 3 is 2.56 bits per heavy atom. The van der Waals surface area contributed by atoms with Gasteiger partial charge in [0.05, 0.1) is 29.2 Å². The maximum Gasteiger partial charge on any atom is 0.310 e. The van der Waals surface area contributed by atoms with Gasteiger partial charge in [-0.15, -0.1) is 0 Å². The van der Waals surface area contributed by atoms with E-state index < -0.39 is 5.97 Å². The van der Waals surface area contributed by atoms with Gasteiger partial charge >= 0.3 is 5.97 Å². The van der Waals surface area contributed by atoms with Gasteiger partial charge in [0.15, 0.2) is 6.61 Å². The first-order valence-electron chi connectivity index (χ1n) is 8.54. The molecule has 0 atom stereocenters. The van der Waals surface area contributed by atoms with Crippen molar-refractivity contribution >= 4 is 28.9 Å². The minimum absolute atomic E-state index is 0.167. The van der Waals surface area contributed by atoms with Crippen LogP contribution in [0.2, 0.25) is 0 Å². The van der Waals surface area contributed by atoms with Gasteiger partial charge in [-0.05, 0) is 55.3 Å². The quantitative estimate of drug-likeness (QED) is 0.660. The third-order valence-corrected chi connectivity index (χ3v) is 4.86. The van der Waals surface area contributed by atoms with E-state index in [4.69, 9.17) is 4.74 Å². The van der Waals surface area contributed by atoms with Crippen LogP contribution in [0.1, 0.15) is 22.5 Å². The summed E-state index contributed by atoms with van der Waals surface area (Å²) in [6.45, 7) is 5.42. The smallest absolute Gasteiger partial charge is 0.310 e. The van der Waals surface area contributed by atoms with E-state index in [2.05, 4.69) is 10.4 Å². The maximum atomic E-state index is 12.2. The van der Waals surface area contributed by atoms with Crippen molar-refractivity contribution in [3.63, 3.8) is 0 Å². The lowest BCUT2D eigenvalue weighted by Gasteiger charge is -2.08. The molecule has 0 bridgehead atoms. The van der Waals surface area contributed by atoms with Gasteiger partial charge < -0.3 is 10.1 Å². The van der Waals surface area contributed by atoms with Crippen molar-refractivity contribution in [2.24, 2.45) is 0 Å². The number of anilines is 1. The summed E-state index contributed by atoms with van der Waals surface area (Å²) in [4.78, 5) is 24.0. The molecule has 1 amide bonds. The van der Waals surface area contributed by atoms with E-state index in [1.807, 2.05) is 61.9 Å². The first-order chi connectivity index (χ1) is 12.9. The molecule has 0 fully saturated rings. The highest BCUT2D eigenvalue weighted by Crippen LogP contribution is 2.23. The fourth-order valence-electron chi connectivity index (χ4n) is 2.69. The summed E-state index contributed by atoms with van der Waals surface area (Å²) in [5.74, 6) is -0.810. The number of carbonyl (C=O) groups is 2. The predicted octanol–water partition coefficient (Wildman–Crippen LogP) is 3.58. The van der Waals surface area contributed by atoms with Crippen LogP contribution in [0.5, 0.6) is 0 Å². The molecule has 2 heterocycles. The fourth-order valence-corrected chi connectivity index (χ4v) is 3.36. The summed E-state index contributed by atoms with van der Waals surface area (Å²) in [5.41, 5.74) is 5.12. The molecule has 2 aromatic heterocycles. The standard InChI is InChI=1S/C20H21N3O3S/c1-13-4-6-17(7-5-13)23-15(3)20(14(2)22-23)21-18(24)11-26-19(25)10-16-8-9-27-12-16/h4-9,12H,10-11H2,1-3H3,(H,21,24). The van der Waals surface area contributed by atoms with Crippen molar-refractivity contribution in [3.05, 3.63) is 63.6 Å². The van der Waals surface area contributed by atoms with E-state index in [0.29, 0.717) is 11.4 Å². The topological polar surface area (TPSA) is 73.2 Å². The van der Waals surface area contributed by atoms with Gasteiger partial charge in [-0.3, -0.25) is 9.59 Å². The molecule has 3 rings (SSSR count). The monoisotopic (exact) mass is 383 g/mol. The van der Waals surface area contributed by atoms with Crippen molar-refractivity contribution < 1.29 is 14.3 Å². The summed E-state index contributed by atoms with van der Waals surface area (Å²) in [6.07, 6.45) is 0.167. The molecule has 0 unspecified atom stereocenters. The highest BCUT2D eigenvalue weighted by atomic mass is 32.1. The second kappa shape index (κ2) is 8.18. The van der Waals surface area contributed by atoms with E-state index in [9.17, 15) is 9.59 Å². The number of ether oxygens (including phenoxy) is 1. The van der Waals surface area contributed by atoms with Gasteiger partial charge in [-0.1, -0.05) is 17.7 Å². The number of hydrogen-bond donors (Lipinski definition) is 1. The second-order valence-electron chi connectivity index (χ2n) is 6.31. The number of benzene rings is 1. The number of hydrogen-bond acceptors (Lipinski definition) is 5. The van der Waals surface area contributed by atoms with E-state index in [1.54, 1.807) is 4.68 Å². The van der Waals surface area contributed by atoms with Gasteiger partial charge in [0.25, 0.3) is 5.91 Å². The molecule has 1 N–H and O–H groups in total. The van der Waals surface area contributed by atoms with Crippen LogP contribution >= 0.6 is 11.3 Å². The van der Waals surface area contributed by atoms with Gasteiger partial charge in [-0.25, -0.2) is 4.68 Å². The number of carbonyl (C=O) groups excluding carboxylic acids is 2. The number of esters is 1. The van der Waals surface area contributed by atoms with Gasteiger partial charge in [0.2, 0.25) is 0 Å². The third kappa shape index (κ3) is 4.62. The van der Waals surface area contributed by atoms with Crippen molar-refractivity contribution in [1.29, 1.82) is 0 Å². The molecule has 140 valence electrons. The molecule has 0 radical (unpaired) electrons. The van der Waals surface area contributed by atoms with Gasteiger partial charge in [0, 0.05) is 0 Å². The Hall–Kier alpha value is -2.93. The Labute approximate surface area is 161 Å². The average Bonchev–Trinajstić information content (AvgIpc) is 3.24. The Kier molecular flexibility index (Phi) is 5.71. The zero-order chi connectivity index (χ0) is 19.4. The second-order valence-corrected chi connectivity index (χ2v) is 7.09. The Bertz CT molecular complexity index is 944. The predicted molar refractivity (Wildman–Crippen MR) is 105 cm³/mol. The van der Waals surface area contributed by atoms with Gasteiger partial charge in [-0.2, -0.15) is 16.4 Å². The number of amides is 1. The van der Waals surface area contributed by atoms with Crippen LogP contribution in [-0.2, 0) is 20.7 Å². The SMILES string of the molecule is Cc1ccc(-n2nc(C)c(NC(=O)COC(=O)Cc3ccsc3)c2C)cc1. The fraction of sp³-hybridized carbons (Fsp3) is 0.250. The molecule has 6 nitrogen and oxygen atoms in total. The molecule has 3 aromatic rings. The Balaban J connectivity index is 1.62. The van der Waals surface area contributed by atoms with E-state index in [-0.39, 0.29) is 18.9 Å². The summed E-state index contributed by atoms with van der Waals surface area (Å²) < 4.78 is 6.84. The summed E-state index contributed by atoms with van der Waals surface area (Å²) in [7, 11) is 0. The van der Waals surface area contributed by atoms with Crippen LogP contribution in [-0.4, -0.2) is 28.3 Å². The molecule has 7 heteroatoms. The van der Waals surface area contributed by atoms with Crippen LogP contribution in [0.15, 0.2) is 41.1 Å². The average molecular weight is 383 g/mol. The van der Waals surface area contributed by atoms with Crippen molar-refractivity contribution in [2.45, 2.75) is 27.2 Å². The zero-order valence-corrected chi connectivity index (χ0v) is 16.3. The molecule has 0 aliphatic heterocycles. The minimum atomic E-state index is -0.424. The number of aryl methyl sites for hydroxylation is 2. The normalized spacial score (nSPS) is 10.6. The number of nitrogens with one attached hydrogen (secondary N) is 1. The Morgan fingerprint density at radius 2 is 1.89 bits per heavy atom. The first-order valence-corrected chi connectivity index (χ1v) is 9.48. The highest BCUT2D eigenvalue weighted by molar-refractivity contribution is 7.08. The van der Waals surface area contributed by atoms with E-state index >= 15 is 0 Å². The Morgan fingerprint density at radius 1 is 1.15 bits per heavy atom. The van der Waals surface area contributed by atoms with Crippen LogP contribution in [0.3, 0.4) is 0 Å². The lowest BCUT2D eigenvalue weighted by atomic mass is 10.2. The lowest BCUT2D eigenvalue weighted by Crippen LogP contribution is -2.22. The number of thiophene rings is 1. The maximum absolute atomic E-state index is 12.2. The highest BCUT2D eigenvalue weighted by Gasteiger charge is 2.16. The zero-order valence-electron chi connectivity index (χ0n) is 15.5. The first kappa shape index (κ1) is 18.8. The molecule has 27 heavy (non-hydrogen) atoms. The lowest BCUT2D eigenvalue weighted by molar-refractivity contribution is -0.146. The third-order valence-electron chi connectivity index (χ3n) is 4.13. The molecular weight excluding hydrogens is 362 g/mol. The number of rotatable bonds is 6. The van der Waals surface area contributed by atoms with Crippen LogP contribution in [0, 0.1) is 20.8 Å². The molecule has 1 aromatic carbocycles. The van der Waals surface area contributed by atoms with Crippen LogP contribution in [0.4, 0.5) is 5.69 Å². The van der Waals surface area contributed by atoms with E-state index in [1.165, 1.54) is 11.3 Å². The van der Waals surface area contributed by atoms with Crippen LogP contribution in [0.25, 0.3) is 5.69 Å². The van der Waals surface area contributed by atoms with Crippen molar-refractivity contribution in [1.82, 2.24) is 9.78 Å². The van der Waals surface area contributed by atoms with Crippen LogP contribution < -0.4 is 5.32 Å². The molecule has 0 saturated heterocycles. The van der Waals surface area contributed by atoms with Gasteiger partial charge in [0.1, 0.15) is 0 Å². The summed E-state index contributed by atoms with van der Waals surface area (Å²) in [6, 6.07) is 9.84. The number of nitrogens with zero attached hydrogens (tertiary/aromatic N) is 2. The molecule has 0 aliphatic rings. The summed E-state index contributed by atoms with van der Waals surface area (Å²) >= 11 is 1.52. The summed E-state index contributed by atoms with van der Waals surface area (Å²) in [5, 5.41) is 11.1. The van der Waals surface area contributed by atoms with Crippen molar-refractivity contribution in [3.8, 4) is 5.69 Å². The molecule has 0 aliphatic carbocycles. The largest absolute Gasteiger partial charge is 0.455 e. The molecule has 0 saturated carbocycles. The minimum Gasteiger partial charge on any atom is -0.455 e. The molecular formula is C20H21N3O3S. The number of aromatic nitrogens is 2. The van der Waals surface area contributed by atoms with Crippen molar-refractivity contribution in [2.75, 3.05) is 11.9 Å². The van der Waals surface area contributed by atoms with E-state index in [0.717, 1.165) is 22.5 Å². The molecule has 0 spiro atoms.